The molecule has 0 aromatic heterocycles. The van der Waals surface area contributed by atoms with Gasteiger partial charge in [-0.25, -0.2) is 16.8 Å². The van der Waals surface area contributed by atoms with Gasteiger partial charge in [0.15, 0.2) is 20.0 Å². The van der Waals surface area contributed by atoms with Crippen LogP contribution in [0, 0.1) is 0 Å². The third kappa shape index (κ3) is 7.29. The summed E-state index contributed by atoms with van der Waals surface area (Å²) >= 11 is 0. The third-order valence-electron chi connectivity index (χ3n) is 4.81. The van der Waals surface area contributed by atoms with Gasteiger partial charge in [-0.15, -0.1) is 0 Å². The summed E-state index contributed by atoms with van der Waals surface area (Å²) in [5, 5.41) is 13.8. The predicted molar refractivity (Wildman–Crippen MR) is 130 cm³/mol. The first-order valence-corrected chi connectivity index (χ1v) is 15.0. The molecule has 3 aromatic rings. The zero-order valence-electron chi connectivity index (χ0n) is 18.6. The van der Waals surface area contributed by atoms with E-state index in [1.54, 1.807) is 0 Å². The first-order valence-electron chi connectivity index (χ1n) is 10.1. The van der Waals surface area contributed by atoms with Crippen LogP contribution in [0.3, 0.4) is 0 Å². The van der Waals surface area contributed by atoms with E-state index in [0.717, 1.165) is 10.3 Å². The van der Waals surface area contributed by atoms with Gasteiger partial charge < -0.3 is 9.23 Å². The van der Waals surface area contributed by atoms with Gasteiger partial charge in [0.1, 0.15) is 23.2 Å². The van der Waals surface area contributed by atoms with Crippen molar-refractivity contribution in [2.24, 2.45) is 0 Å². The molecule has 0 amide bonds. The van der Waals surface area contributed by atoms with Gasteiger partial charge in [0.2, 0.25) is 0 Å². The zero-order chi connectivity index (χ0) is 28.0. The van der Waals surface area contributed by atoms with Crippen LogP contribution >= 0.6 is 7.26 Å². The lowest BCUT2D eigenvalue weighted by atomic mass is 10.4. The van der Waals surface area contributed by atoms with Gasteiger partial charge in [-0.05, 0) is 36.4 Å². The van der Waals surface area contributed by atoms with Crippen LogP contribution in [0.5, 0.6) is 0 Å². The van der Waals surface area contributed by atoms with Crippen LogP contribution in [-0.2, 0) is 20.0 Å². The Hall–Kier alpha value is -2.51. The Balaban J connectivity index is 0.000000283. The summed E-state index contributed by atoms with van der Waals surface area (Å²) in [6.07, 6.45) is 0.769. The SMILES string of the molecule is O=S(=O)([N-]S(=O)(=O)C(F)(F)F)C(F)(F)F.OCC[P+](c1ccccc1)(c1ccccc1)c1ccccc1. The van der Waals surface area contributed by atoms with Gasteiger partial charge >= 0.3 is 11.0 Å². The maximum Gasteiger partial charge on any atom is 0.480 e. The smallest absolute Gasteiger partial charge is 0.421 e. The van der Waals surface area contributed by atoms with E-state index in [0.29, 0.717) is 0 Å². The van der Waals surface area contributed by atoms with Crippen LogP contribution in [0.4, 0.5) is 26.3 Å². The van der Waals surface area contributed by atoms with Crippen molar-refractivity contribution < 1.29 is 48.3 Å². The maximum absolute atomic E-state index is 11.4. The molecule has 0 aliphatic carbocycles. The molecule has 0 saturated heterocycles. The van der Waals surface area contributed by atoms with Gasteiger partial charge in [0.25, 0.3) is 0 Å². The lowest BCUT2D eigenvalue weighted by molar-refractivity contribution is -0.0444. The highest BCUT2D eigenvalue weighted by atomic mass is 32.3. The number of alkyl halides is 6. The van der Waals surface area contributed by atoms with Crippen LogP contribution in [0.25, 0.3) is 4.13 Å². The van der Waals surface area contributed by atoms with Crippen molar-refractivity contribution in [1.82, 2.24) is 0 Å². The first kappa shape index (κ1) is 30.7. The maximum atomic E-state index is 11.4. The van der Waals surface area contributed by atoms with E-state index in [9.17, 15) is 48.3 Å². The Morgan fingerprint density at radius 1 is 0.595 bits per heavy atom. The topological polar surface area (TPSA) is 103 Å². The van der Waals surface area contributed by atoms with Gasteiger partial charge in [0.05, 0.1) is 12.8 Å². The quantitative estimate of drug-likeness (QED) is 0.332. The molecule has 0 atom stereocenters. The summed E-state index contributed by atoms with van der Waals surface area (Å²) in [6.45, 7) is 0.187. The van der Waals surface area contributed by atoms with Crippen molar-refractivity contribution in [3.63, 3.8) is 0 Å². The van der Waals surface area contributed by atoms with Gasteiger partial charge in [-0.1, -0.05) is 54.6 Å². The fraction of sp³-hybridized carbons (Fsp3) is 0.182. The third-order valence-corrected chi connectivity index (χ3v) is 12.0. The van der Waals surface area contributed by atoms with Crippen LogP contribution < -0.4 is 15.9 Å². The Bertz CT molecular complexity index is 1210. The van der Waals surface area contributed by atoms with Gasteiger partial charge in [0, 0.05) is 0 Å². The Labute approximate surface area is 210 Å². The van der Waals surface area contributed by atoms with Crippen LogP contribution in [0.15, 0.2) is 91.0 Å². The molecule has 0 aliphatic rings. The van der Waals surface area contributed by atoms with Crippen molar-refractivity contribution in [2.45, 2.75) is 11.0 Å². The molecule has 0 fully saturated rings. The molecule has 0 bridgehead atoms. The zero-order valence-corrected chi connectivity index (χ0v) is 21.2. The molecule has 15 heteroatoms. The molecule has 0 heterocycles. The fourth-order valence-electron chi connectivity index (χ4n) is 3.25. The van der Waals surface area contributed by atoms with Gasteiger partial charge in [-0.2, -0.15) is 26.3 Å². The average Bonchev–Trinajstić information content (AvgIpc) is 2.83. The van der Waals surface area contributed by atoms with E-state index in [-0.39, 0.29) is 6.61 Å². The summed E-state index contributed by atoms with van der Waals surface area (Å²) in [4.78, 5) is 0. The van der Waals surface area contributed by atoms with Gasteiger partial charge in [-0.3, -0.25) is 0 Å². The minimum Gasteiger partial charge on any atom is -0.421 e. The van der Waals surface area contributed by atoms with E-state index < -0.39 is 38.3 Å². The monoisotopic (exact) mass is 587 g/mol. The number of aliphatic hydroxyl groups is 1. The summed E-state index contributed by atoms with van der Waals surface area (Å²) in [5.41, 5.74) is -12.4. The van der Waals surface area contributed by atoms with Crippen molar-refractivity contribution in [3.8, 4) is 0 Å². The molecule has 0 radical (unpaired) electrons. The van der Waals surface area contributed by atoms with Crippen LogP contribution in [-0.4, -0.2) is 45.7 Å². The lowest BCUT2D eigenvalue weighted by Gasteiger charge is -2.26. The number of nitrogens with zero attached hydrogens (tertiary/aromatic N) is 1. The molecule has 0 unspecified atom stereocenters. The Morgan fingerprint density at radius 3 is 1.08 bits per heavy atom. The van der Waals surface area contributed by atoms with Crippen molar-refractivity contribution in [2.75, 3.05) is 12.8 Å². The number of halogens is 6. The fourth-order valence-corrected chi connectivity index (χ4v) is 8.97. The van der Waals surface area contributed by atoms with E-state index in [2.05, 4.69) is 72.8 Å². The van der Waals surface area contributed by atoms with Crippen molar-refractivity contribution in [3.05, 3.63) is 95.1 Å². The highest BCUT2D eigenvalue weighted by molar-refractivity contribution is 8.13. The molecule has 37 heavy (non-hydrogen) atoms. The van der Waals surface area contributed by atoms with E-state index in [4.69, 9.17) is 0 Å². The number of benzene rings is 3. The van der Waals surface area contributed by atoms with Crippen molar-refractivity contribution >= 4 is 43.2 Å². The van der Waals surface area contributed by atoms with Crippen molar-refractivity contribution in [1.29, 1.82) is 0 Å². The second-order valence-electron chi connectivity index (χ2n) is 7.18. The van der Waals surface area contributed by atoms with E-state index in [1.165, 1.54) is 15.9 Å². The van der Waals surface area contributed by atoms with E-state index >= 15 is 0 Å². The van der Waals surface area contributed by atoms with Crippen LogP contribution in [0.1, 0.15) is 0 Å². The highest BCUT2D eigenvalue weighted by Gasteiger charge is 2.47. The highest BCUT2D eigenvalue weighted by Crippen LogP contribution is 2.54. The second-order valence-corrected chi connectivity index (χ2v) is 14.2. The number of hydrogen-bond donors (Lipinski definition) is 1. The minimum absolute atomic E-state index is 0.187. The van der Waals surface area contributed by atoms with E-state index in [1.807, 2.05) is 18.2 Å². The number of aliphatic hydroxyl groups excluding tert-OH is 1. The lowest BCUT2D eigenvalue weighted by Crippen LogP contribution is -2.34. The minimum atomic E-state index is -6.72. The molecule has 0 saturated carbocycles. The average molecular weight is 588 g/mol. The summed E-state index contributed by atoms with van der Waals surface area (Å²) in [7, 11) is -15.2. The van der Waals surface area contributed by atoms with Crippen LogP contribution in [0.2, 0.25) is 0 Å². The Kier molecular flexibility index (Phi) is 9.88. The molecule has 202 valence electrons. The second kappa shape index (κ2) is 11.9. The summed E-state index contributed by atoms with van der Waals surface area (Å²) in [6, 6.07) is 31.9. The summed E-state index contributed by atoms with van der Waals surface area (Å²) in [5.74, 6) is 0. The number of rotatable bonds is 7. The largest absolute Gasteiger partial charge is 0.480 e. The number of hydrogen-bond acceptors (Lipinski definition) is 5. The molecule has 6 nitrogen and oxygen atoms in total. The Morgan fingerprint density at radius 2 is 0.865 bits per heavy atom. The summed E-state index contributed by atoms with van der Waals surface area (Å²) < 4.78 is 109. The molecular formula is C22H20F6NO5PS2. The normalized spacial score (nSPS) is 12.9. The standard InChI is InChI=1S/C20H20OP.C2F6NO4S2/c21-16-17-22(18-10-4-1-5-11-18,19-12-6-2-7-13-19)20-14-8-3-9-15-20;3-1(4,5)14(10,11)9-15(12,13)2(6,7)8/h1-15,21H,16-17H2;/q+1;-1. The first-order chi connectivity index (χ1) is 17.1. The molecule has 0 spiro atoms. The predicted octanol–water partition coefficient (Wildman–Crippen LogP) is 4.03. The number of sulfonamides is 2. The molecule has 1 N–H and O–H groups in total. The molecular weight excluding hydrogens is 567 g/mol. The molecule has 3 rings (SSSR count). The molecule has 3 aromatic carbocycles. The molecule has 0 aliphatic heterocycles.